The maximum Gasteiger partial charge on any atom is 0.229 e. The van der Waals surface area contributed by atoms with E-state index in [0.717, 1.165) is 53.2 Å². The smallest absolute Gasteiger partial charge is 0.229 e. The van der Waals surface area contributed by atoms with Gasteiger partial charge in [0.1, 0.15) is 11.3 Å². The summed E-state index contributed by atoms with van der Waals surface area (Å²) in [5.74, 6) is 1.18. The molecule has 178 valence electrons. The lowest BCUT2D eigenvalue weighted by Gasteiger charge is -2.25. The second kappa shape index (κ2) is 9.89. The zero-order valence-corrected chi connectivity index (χ0v) is 20.9. The highest BCUT2D eigenvalue weighted by Crippen LogP contribution is 2.37. The summed E-state index contributed by atoms with van der Waals surface area (Å²) in [5, 5.41) is 6.86. The molecule has 0 spiro atoms. The Balaban J connectivity index is 1.48. The lowest BCUT2D eigenvalue weighted by Crippen LogP contribution is -2.26. The number of anilines is 5. The number of aromatic nitrogens is 4. The minimum Gasteiger partial charge on any atom is -0.338 e. The number of hydrogen-bond acceptors (Lipinski definition) is 9. The third-order valence-electron chi connectivity index (χ3n) is 6.16. The van der Waals surface area contributed by atoms with Gasteiger partial charge in [-0.05, 0) is 48.9 Å². The molecule has 8 nitrogen and oxygen atoms in total. The zero-order chi connectivity index (χ0) is 24.4. The molecule has 4 aromatic rings. The summed E-state index contributed by atoms with van der Waals surface area (Å²) in [4.78, 5) is 20.7. The van der Waals surface area contributed by atoms with Gasteiger partial charge in [0.25, 0.3) is 0 Å². The van der Waals surface area contributed by atoms with Gasteiger partial charge in [-0.3, -0.25) is 9.97 Å². The van der Waals surface area contributed by atoms with Crippen LogP contribution in [0.25, 0.3) is 17.1 Å². The molecule has 0 fully saturated rings. The summed E-state index contributed by atoms with van der Waals surface area (Å²) in [5.41, 5.74) is 7.99. The predicted molar refractivity (Wildman–Crippen MR) is 147 cm³/mol. The van der Waals surface area contributed by atoms with Crippen molar-refractivity contribution in [3.63, 3.8) is 0 Å². The van der Waals surface area contributed by atoms with Crippen molar-refractivity contribution in [1.82, 2.24) is 24.8 Å². The number of likely N-dealkylation sites (N-methyl/N-ethyl adjacent to an activating group) is 1. The first-order valence-electron chi connectivity index (χ1n) is 11.4. The van der Waals surface area contributed by atoms with Crippen LogP contribution in [0.15, 0.2) is 55.5 Å². The van der Waals surface area contributed by atoms with E-state index >= 15 is 0 Å². The number of fused-ring (bicyclic) bond motifs is 2. The Morgan fingerprint density at radius 1 is 1.09 bits per heavy atom. The van der Waals surface area contributed by atoms with E-state index in [-0.39, 0.29) is 0 Å². The van der Waals surface area contributed by atoms with Crippen LogP contribution in [-0.4, -0.2) is 51.7 Å². The predicted octanol–water partition coefficient (Wildman–Crippen LogP) is 5.25. The fourth-order valence-electron chi connectivity index (χ4n) is 4.27. The van der Waals surface area contributed by atoms with Crippen molar-refractivity contribution in [3.8, 4) is 0 Å². The number of rotatable bonds is 7. The van der Waals surface area contributed by atoms with E-state index < -0.39 is 0 Å². The van der Waals surface area contributed by atoms with E-state index in [9.17, 15) is 0 Å². The van der Waals surface area contributed by atoms with E-state index in [1.165, 1.54) is 11.1 Å². The number of nitrogens with one attached hydrogen (secondary N) is 2. The molecule has 0 atom stereocenters. The van der Waals surface area contributed by atoms with Gasteiger partial charge in [-0.25, -0.2) is 4.98 Å². The number of nitrogens with zero attached hydrogens (tertiary/aromatic N) is 6. The highest BCUT2D eigenvalue weighted by Gasteiger charge is 2.17. The fraction of sp³-hybridized carbons (Fsp3) is 0.231. The largest absolute Gasteiger partial charge is 0.338 e. The Morgan fingerprint density at radius 3 is 2.77 bits per heavy atom. The summed E-state index contributed by atoms with van der Waals surface area (Å²) in [7, 11) is 4.16. The van der Waals surface area contributed by atoms with Crippen molar-refractivity contribution in [3.05, 3.63) is 72.2 Å². The molecule has 0 bridgehead atoms. The monoisotopic (exact) mass is 484 g/mol. The molecule has 0 saturated heterocycles. The molecule has 3 heterocycles. The minimum absolute atomic E-state index is 0.516. The van der Waals surface area contributed by atoms with E-state index in [4.69, 9.17) is 4.98 Å². The number of benzene rings is 2. The average molecular weight is 485 g/mol. The Bertz CT molecular complexity index is 1390. The van der Waals surface area contributed by atoms with E-state index in [2.05, 4.69) is 66.6 Å². The second-order valence-corrected chi connectivity index (χ2v) is 9.40. The summed E-state index contributed by atoms with van der Waals surface area (Å²) >= 11 is 1.60. The first-order valence-corrected chi connectivity index (χ1v) is 12.6. The van der Waals surface area contributed by atoms with Crippen molar-refractivity contribution >= 4 is 57.9 Å². The molecular weight excluding hydrogens is 456 g/mol. The van der Waals surface area contributed by atoms with Gasteiger partial charge in [-0.2, -0.15) is 4.98 Å². The molecule has 0 saturated carbocycles. The first-order chi connectivity index (χ1) is 17.1. The highest BCUT2D eigenvalue weighted by molar-refractivity contribution is 7.99. The van der Waals surface area contributed by atoms with Gasteiger partial charge in [0.05, 0.1) is 16.9 Å². The third kappa shape index (κ3) is 4.78. The SMILES string of the molecule is C=Cc1cnc(Nc2ccc3c(c2)CN(C)CC3)nc1Nc1ccc2nccnc2c1N(C)SC. The molecule has 5 rings (SSSR count). The van der Waals surface area contributed by atoms with Gasteiger partial charge >= 0.3 is 0 Å². The summed E-state index contributed by atoms with van der Waals surface area (Å²) in [6.07, 6.45) is 10.0. The molecule has 1 aliphatic heterocycles. The van der Waals surface area contributed by atoms with Gasteiger partial charge in [-0.1, -0.05) is 30.7 Å². The van der Waals surface area contributed by atoms with Crippen molar-refractivity contribution < 1.29 is 0 Å². The Kier molecular flexibility index (Phi) is 6.52. The zero-order valence-electron chi connectivity index (χ0n) is 20.1. The van der Waals surface area contributed by atoms with Crippen LogP contribution in [0, 0.1) is 0 Å². The Labute approximate surface area is 209 Å². The van der Waals surface area contributed by atoms with E-state index in [0.29, 0.717) is 11.8 Å². The molecule has 9 heteroatoms. The highest BCUT2D eigenvalue weighted by atomic mass is 32.2. The van der Waals surface area contributed by atoms with Crippen LogP contribution in [-0.2, 0) is 13.0 Å². The van der Waals surface area contributed by atoms with Crippen LogP contribution in [0.2, 0.25) is 0 Å². The molecule has 0 aliphatic carbocycles. The molecule has 35 heavy (non-hydrogen) atoms. The summed E-state index contributed by atoms with van der Waals surface area (Å²) in [6, 6.07) is 10.4. The van der Waals surface area contributed by atoms with Crippen LogP contribution >= 0.6 is 11.9 Å². The molecule has 2 aromatic heterocycles. The van der Waals surface area contributed by atoms with Gasteiger partial charge in [0.2, 0.25) is 5.95 Å². The van der Waals surface area contributed by atoms with Crippen LogP contribution < -0.4 is 14.9 Å². The fourth-order valence-corrected chi connectivity index (χ4v) is 4.63. The van der Waals surface area contributed by atoms with Gasteiger partial charge in [0.15, 0.2) is 0 Å². The molecule has 0 amide bonds. The van der Waals surface area contributed by atoms with E-state index in [1.54, 1.807) is 36.6 Å². The third-order valence-corrected chi connectivity index (χ3v) is 6.89. The molecule has 2 N–H and O–H groups in total. The van der Waals surface area contributed by atoms with Gasteiger partial charge in [-0.15, -0.1) is 0 Å². The lowest BCUT2D eigenvalue weighted by atomic mass is 9.99. The van der Waals surface area contributed by atoms with Crippen LogP contribution in [0.3, 0.4) is 0 Å². The Hall–Kier alpha value is -3.69. The quantitative estimate of drug-likeness (QED) is 0.342. The average Bonchev–Trinajstić information content (AvgIpc) is 2.88. The summed E-state index contributed by atoms with van der Waals surface area (Å²) < 4.78 is 2.07. The molecule has 2 aromatic carbocycles. The molecule has 1 aliphatic rings. The van der Waals surface area contributed by atoms with E-state index in [1.807, 2.05) is 25.4 Å². The van der Waals surface area contributed by atoms with Crippen molar-refractivity contribution in [2.75, 3.05) is 41.8 Å². The number of hydrogen-bond donors (Lipinski definition) is 2. The van der Waals surface area contributed by atoms with Crippen LogP contribution in [0.5, 0.6) is 0 Å². The molecular formula is C26H28N8S. The maximum absolute atomic E-state index is 4.79. The normalized spacial score (nSPS) is 13.3. The maximum atomic E-state index is 4.79. The van der Waals surface area contributed by atoms with Crippen molar-refractivity contribution in [2.24, 2.45) is 0 Å². The van der Waals surface area contributed by atoms with Crippen LogP contribution in [0.1, 0.15) is 16.7 Å². The standard InChI is InChI=1S/C26H28N8S/c1-5-17-15-29-26(30-20-7-6-18-10-13-33(2)16-19(18)14-20)32-25(17)31-22-9-8-21-23(28-12-11-27-21)24(22)34(3)35-4/h5-9,11-12,14-15H,1,10,13,16H2,2-4H3,(H2,29,30,31,32). The van der Waals surface area contributed by atoms with Crippen molar-refractivity contribution in [2.45, 2.75) is 13.0 Å². The molecule has 0 radical (unpaired) electrons. The van der Waals surface area contributed by atoms with Gasteiger partial charge < -0.3 is 19.8 Å². The van der Waals surface area contributed by atoms with Gasteiger partial charge in [0, 0.05) is 56.2 Å². The Morgan fingerprint density at radius 2 is 1.94 bits per heavy atom. The van der Waals surface area contributed by atoms with Crippen molar-refractivity contribution in [1.29, 1.82) is 0 Å². The lowest BCUT2D eigenvalue weighted by molar-refractivity contribution is 0.313. The second-order valence-electron chi connectivity index (χ2n) is 8.49. The van der Waals surface area contributed by atoms with Crippen LogP contribution in [0.4, 0.5) is 28.8 Å². The topological polar surface area (TPSA) is 82.1 Å². The summed E-state index contributed by atoms with van der Waals surface area (Å²) in [6.45, 7) is 5.99. The molecule has 0 unspecified atom stereocenters. The first kappa shape index (κ1) is 23.1. The minimum atomic E-state index is 0.516.